The van der Waals surface area contributed by atoms with Crippen molar-refractivity contribution >= 4 is 10.0 Å². The zero-order chi connectivity index (χ0) is 11.0. The van der Waals surface area contributed by atoms with Crippen molar-refractivity contribution < 1.29 is 8.42 Å². The molecule has 0 saturated heterocycles. The van der Waals surface area contributed by atoms with Crippen molar-refractivity contribution in [1.82, 2.24) is 9.62 Å². The van der Waals surface area contributed by atoms with Crippen LogP contribution in [0.5, 0.6) is 0 Å². The van der Waals surface area contributed by atoms with E-state index in [4.69, 9.17) is 0 Å². The van der Waals surface area contributed by atoms with Crippen LogP contribution < -0.4 is 4.72 Å². The van der Waals surface area contributed by atoms with Crippen LogP contribution in [-0.4, -0.2) is 45.2 Å². The van der Waals surface area contributed by atoms with E-state index in [-0.39, 0.29) is 5.75 Å². The van der Waals surface area contributed by atoms with E-state index in [9.17, 15) is 8.42 Å². The Bertz CT molecular complexity index is 223. The molecule has 0 aromatic carbocycles. The first kappa shape index (κ1) is 13.9. The molecule has 0 saturated carbocycles. The minimum atomic E-state index is -3.00. The lowest BCUT2D eigenvalue weighted by molar-refractivity contribution is 0.300. The van der Waals surface area contributed by atoms with Gasteiger partial charge in [0.25, 0.3) is 0 Å². The molecule has 0 unspecified atom stereocenters. The molecule has 0 spiro atoms. The van der Waals surface area contributed by atoms with Crippen LogP contribution in [0.2, 0.25) is 0 Å². The lowest BCUT2D eigenvalue weighted by Crippen LogP contribution is -2.30. The van der Waals surface area contributed by atoms with E-state index in [1.54, 1.807) is 6.92 Å². The lowest BCUT2D eigenvalue weighted by Gasteiger charge is -2.17. The summed E-state index contributed by atoms with van der Waals surface area (Å²) in [5.41, 5.74) is 0. The highest BCUT2D eigenvalue weighted by atomic mass is 32.2. The Morgan fingerprint density at radius 3 is 2.14 bits per heavy atom. The molecule has 0 fully saturated rings. The van der Waals surface area contributed by atoms with E-state index >= 15 is 0 Å². The molecule has 0 aromatic heterocycles. The maximum Gasteiger partial charge on any atom is 0.211 e. The lowest BCUT2D eigenvalue weighted by atomic mass is 10.4. The third-order valence-electron chi connectivity index (χ3n) is 2.25. The Morgan fingerprint density at radius 1 is 1.14 bits per heavy atom. The summed E-state index contributed by atoms with van der Waals surface area (Å²) in [4.78, 5) is 2.28. The van der Waals surface area contributed by atoms with Crippen molar-refractivity contribution in [2.75, 3.05) is 31.9 Å². The first-order valence-corrected chi connectivity index (χ1v) is 6.90. The molecular weight excluding hydrogens is 200 g/mol. The highest BCUT2D eigenvalue weighted by Crippen LogP contribution is 1.90. The van der Waals surface area contributed by atoms with Crippen molar-refractivity contribution in [1.29, 1.82) is 0 Å². The number of sulfonamides is 1. The molecule has 0 rings (SSSR count). The van der Waals surface area contributed by atoms with Crippen molar-refractivity contribution in [2.24, 2.45) is 0 Å². The maximum absolute atomic E-state index is 11.1. The molecule has 0 bridgehead atoms. The molecule has 86 valence electrons. The zero-order valence-electron chi connectivity index (χ0n) is 9.41. The van der Waals surface area contributed by atoms with Gasteiger partial charge in [-0.25, -0.2) is 13.1 Å². The van der Waals surface area contributed by atoms with Gasteiger partial charge in [-0.05, 0) is 33.0 Å². The fourth-order valence-corrected chi connectivity index (χ4v) is 1.83. The molecule has 0 heterocycles. The molecule has 0 aliphatic carbocycles. The summed E-state index contributed by atoms with van der Waals surface area (Å²) in [5.74, 6) is 0.165. The Balaban J connectivity index is 3.56. The average Bonchev–Trinajstić information content (AvgIpc) is 2.18. The molecule has 4 nitrogen and oxygen atoms in total. The van der Waals surface area contributed by atoms with E-state index in [1.807, 2.05) is 0 Å². The SMILES string of the molecule is CCN(CC)CCCNS(=O)(=O)CC. The Hall–Kier alpha value is -0.130. The average molecular weight is 222 g/mol. The summed E-state index contributed by atoms with van der Waals surface area (Å²) in [7, 11) is -3.00. The summed E-state index contributed by atoms with van der Waals surface area (Å²) in [5, 5.41) is 0. The fourth-order valence-electron chi connectivity index (χ4n) is 1.17. The first-order chi connectivity index (χ1) is 6.55. The molecule has 0 amide bonds. The van der Waals surface area contributed by atoms with Crippen molar-refractivity contribution in [3.05, 3.63) is 0 Å². The maximum atomic E-state index is 11.1. The standard InChI is InChI=1S/C9H22N2O2S/c1-4-11(5-2)9-7-8-10-14(12,13)6-3/h10H,4-9H2,1-3H3. The third-order valence-corrected chi connectivity index (χ3v) is 3.65. The van der Waals surface area contributed by atoms with E-state index < -0.39 is 10.0 Å². The predicted octanol–water partition coefficient (Wildman–Crippen LogP) is 0.658. The van der Waals surface area contributed by atoms with Gasteiger partial charge in [-0.3, -0.25) is 0 Å². The fraction of sp³-hybridized carbons (Fsp3) is 1.00. The van der Waals surface area contributed by atoms with Gasteiger partial charge in [0.1, 0.15) is 0 Å². The second-order valence-electron chi connectivity index (χ2n) is 3.18. The van der Waals surface area contributed by atoms with E-state index in [0.717, 1.165) is 26.1 Å². The van der Waals surface area contributed by atoms with Gasteiger partial charge in [-0.2, -0.15) is 0 Å². The van der Waals surface area contributed by atoms with Crippen molar-refractivity contribution in [3.63, 3.8) is 0 Å². The Labute approximate surface area is 87.7 Å². The first-order valence-electron chi connectivity index (χ1n) is 5.25. The van der Waals surface area contributed by atoms with Crippen LogP contribution in [0.15, 0.2) is 0 Å². The predicted molar refractivity (Wildman–Crippen MR) is 59.9 cm³/mol. The molecule has 0 aliphatic rings. The number of hydrogen-bond donors (Lipinski definition) is 1. The number of nitrogens with one attached hydrogen (secondary N) is 1. The molecule has 14 heavy (non-hydrogen) atoms. The largest absolute Gasteiger partial charge is 0.304 e. The zero-order valence-corrected chi connectivity index (χ0v) is 10.2. The minimum absolute atomic E-state index is 0.165. The quantitative estimate of drug-likeness (QED) is 0.614. The summed E-state index contributed by atoms with van der Waals surface area (Å²) in [6.07, 6.45) is 0.876. The van der Waals surface area contributed by atoms with Gasteiger partial charge in [-0.15, -0.1) is 0 Å². The Morgan fingerprint density at radius 2 is 1.71 bits per heavy atom. The summed E-state index contributed by atoms with van der Waals surface area (Å²) in [6, 6.07) is 0. The normalized spacial score (nSPS) is 12.3. The van der Waals surface area contributed by atoms with E-state index in [0.29, 0.717) is 6.54 Å². The summed E-state index contributed by atoms with van der Waals surface area (Å²) in [6.45, 7) is 9.42. The van der Waals surface area contributed by atoms with Gasteiger partial charge >= 0.3 is 0 Å². The van der Waals surface area contributed by atoms with Crippen LogP contribution in [0.1, 0.15) is 27.2 Å². The molecular formula is C9H22N2O2S. The topological polar surface area (TPSA) is 49.4 Å². The number of hydrogen-bond acceptors (Lipinski definition) is 3. The van der Waals surface area contributed by atoms with Crippen LogP contribution in [0.4, 0.5) is 0 Å². The minimum Gasteiger partial charge on any atom is -0.304 e. The van der Waals surface area contributed by atoms with E-state index in [1.165, 1.54) is 0 Å². The van der Waals surface area contributed by atoms with Crippen molar-refractivity contribution in [2.45, 2.75) is 27.2 Å². The van der Waals surface area contributed by atoms with Gasteiger partial charge in [0, 0.05) is 6.54 Å². The highest BCUT2D eigenvalue weighted by molar-refractivity contribution is 7.89. The smallest absolute Gasteiger partial charge is 0.211 e. The second kappa shape index (κ2) is 7.20. The molecule has 0 radical (unpaired) electrons. The van der Waals surface area contributed by atoms with Crippen LogP contribution in [0, 0.1) is 0 Å². The summed E-state index contributed by atoms with van der Waals surface area (Å²) >= 11 is 0. The van der Waals surface area contributed by atoms with Gasteiger partial charge < -0.3 is 4.90 Å². The molecule has 0 aliphatic heterocycles. The highest BCUT2D eigenvalue weighted by Gasteiger charge is 2.05. The van der Waals surface area contributed by atoms with Crippen molar-refractivity contribution in [3.8, 4) is 0 Å². The van der Waals surface area contributed by atoms with Gasteiger partial charge in [0.05, 0.1) is 5.75 Å². The molecule has 1 N–H and O–H groups in total. The molecule has 0 aromatic rings. The molecule has 0 atom stereocenters. The van der Waals surface area contributed by atoms with Gasteiger partial charge in [0.2, 0.25) is 10.0 Å². The van der Waals surface area contributed by atoms with Gasteiger partial charge in [0.15, 0.2) is 0 Å². The van der Waals surface area contributed by atoms with Crippen LogP contribution >= 0.6 is 0 Å². The van der Waals surface area contributed by atoms with Crippen LogP contribution in [0.3, 0.4) is 0 Å². The second-order valence-corrected chi connectivity index (χ2v) is 5.27. The summed E-state index contributed by atoms with van der Waals surface area (Å²) < 4.78 is 24.7. The van der Waals surface area contributed by atoms with E-state index in [2.05, 4.69) is 23.5 Å². The Kier molecular flexibility index (Phi) is 7.13. The molecule has 5 heteroatoms. The van der Waals surface area contributed by atoms with Gasteiger partial charge in [-0.1, -0.05) is 13.8 Å². The third kappa shape index (κ3) is 6.34. The number of nitrogens with zero attached hydrogens (tertiary/aromatic N) is 1. The van der Waals surface area contributed by atoms with Crippen LogP contribution in [0.25, 0.3) is 0 Å². The monoisotopic (exact) mass is 222 g/mol. The van der Waals surface area contributed by atoms with Crippen LogP contribution in [-0.2, 0) is 10.0 Å². The number of rotatable bonds is 8.